The average Bonchev–Trinajstić information content (AvgIpc) is 3.43. The second kappa shape index (κ2) is 12.0. The maximum absolute atomic E-state index is 13.3. The first-order valence-corrected chi connectivity index (χ1v) is 13.8. The molecule has 1 heterocycles. The van der Waals surface area contributed by atoms with Crippen molar-refractivity contribution in [3.05, 3.63) is 93.8 Å². The molecule has 1 aliphatic carbocycles. The Kier molecular flexibility index (Phi) is 8.32. The lowest BCUT2D eigenvalue weighted by Gasteiger charge is -2.28. The zero-order valence-electron chi connectivity index (χ0n) is 22.0. The molecule has 3 aromatic carbocycles. The normalized spacial score (nSPS) is 15.6. The van der Waals surface area contributed by atoms with E-state index in [0.717, 1.165) is 65.6 Å². The van der Waals surface area contributed by atoms with E-state index in [-0.39, 0.29) is 24.9 Å². The second-order valence-corrected chi connectivity index (χ2v) is 10.3. The van der Waals surface area contributed by atoms with Crippen molar-refractivity contribution in [2.45, 2.75) is 52.1 Å². The summed E-state index contributed by atoms with van der Waals surface area (Å²) in [6.45, 7) is 2.97. The van der Waals surface area contributed by atoms with Crippen molar-refractivity contribution in [1.29, 1.82) is 0 Å². The number of piperidine rings is 1. The summed E-state index contributed by atoms with van der Waals surface area (Å²) in [5.74, 6) is 0.0601. The highest BCUT2D eigenvalue weighted by Crippen LogP contribution is 2.44. The lowest BCUT2D eigenvalue weighted by atomic mass is 9.94. The Morgan fingerprint density at radius 3 is 2.51 bits per heavy atom. The monoisotopic (exact) mass is 547 g/mol. The summed E-state index contributed by atoms with van der Waals surface area (Å²) in [5, 5.41) is 0.595. The molecule has 0 bridgehead atoms. The number of carbonyl (C=O) groups is 2. The number of hydrogen-bond acceptors (Lipinski definition) is 4. The van der Waals surface area contributed by atoms with Crippen molar-refractivity contribution in [3.8, 4) is 5.75 Å². The standard InChI is InChI=1S/C32H31ClFNO4/c1-2-38-32(37)23-16-22(17-26(18-23)35-15-4-3-8-31(35)36)27-6-5-7-28(27)29-19-24(33)11-14-30(29)39-20-21-9-12-25(34)13-10-21/h9-14,16-19H,2-8,15,20H2,1H3. The van der Waals surface area contributed by atoms with Crippen LogP contribution < -0.4 is 9.64 Å². The van der Waals surface area contributed by atoms with Gasteiger partial charge in [-0.1, -0.05) is 23.7 Å². The number of allylic oxidation sites excluding steroid dienone is 2. The summed E-state index contributed by atoms with van der Waals surface area (Å²) < 4.78 is 24.9. The van der Waals surface area contributed by atoms with Gasteiger partial charge >= 0.3 is 5.97 Å². The quantitative estimate of drug-likeness (QED) is 0.269. The molecule has 202 valence electrons. The fourth-order valence-corrected chi connectivity index (χ4v) is 5.49. The zero-order chi connectivity index (χ0) is 27.4. The smallest absolute Gasteiger partial charge is 0.338 e. The number of ether oxygens (including phenoxy) is 2. The van der Waals surface area contributed by atoms with Crippen molar-refractivity contribution < 1.29 is 23.5 Å². The maximum Gasteiger partial charge on any atom is 0.338 e. The molecule has 2 aliphatic rings. The Morgan fingerprint density at radius 2 is 1.74 bits per heavy atom. The summed E-state index contributed by atoms with van der Waals surface area (Å²) >= 11 is 6.44. The molecule has 0 unspecified atom stereocenters. The highest BCUT2D eigenvalue weighted by Gasteiger charge is 2.25. The first kappa shape index (κ1) is 26.9. The molecule has 0 N–H and O–H groups in total. The molecule has 0 aromatic heterocycles. The average molecular weight is 548 g/mol. The lowest BCUT2D eigenvalue weighted by Crippen LogP contribution is -2.35. The lowest BCUT2D eigenvalue weighted by molar-refractivity contribution is -0.119. The predicted molar refractivity (Wildman–Crippen MR) is 151 cm³/mol. The van der Waals surface area contributed by atoms with Gasteiger partial charge in [0.25, 0.3) is 0 Å². The van der Waals surface area contributed by atoms with Gasteiger partial charge in [0.1, 0.15) is 18.2 Å². The van der Waals surface area contributed by atoms with Crippen LogP contribution in [0.2, 0.25) is 5.02 Å². The van der Waals surface area contributed by atoms with Gasteiger partial charge in [0.05, 0.1) is 12.2 Å². The van der Waals surface area contributed by atoms with Gasteiger partial charge in [-0.05, 0) is 110 Å². The molecule has 7 heteroatoms. The van der Waals surface area contributed by atoms with Gasteiger partial charge in [0, 0.05) is 29.2 Å². The molecule has 0 atom stereocenters. The summed E-state index contributed by atoms with van der Waals surface area (Å²) in [7, 11) is 0. The third-order valence-corrected chi connectivity index (χ3v) is 7.44. The van der Waals surface area contributed by atoms with Gasteiger partial charge in [-0.25, -0.2) is 9.18 Å². The summed E-state index contributed by atoms with van der Waals surface area (Å²) in [5.41, 5.74) is 6.00. The van der Waals surface area contributed by atoms with E-state index in [1.54, 1.807) is 36.1 Å². The van der Waals surface area contributed by atoms with E-state index in [0.29, 0.717) is 29.3 Å². The highest BCUT2D eigenvalue weighted by molar-refractivity contribution is 6.30. The van der Waals surface area contributed by atoms with Gasteiger partial charge in [-0.3, -0.25) is 4.79 Å². The topological polar surface area (TPSA) is 55.8 Å². The molecule has 5 nitrogen and oxygen atoms in total. The molecule has 39 heavy (non-hydrogen) atoms. The van der Waals surface area contributed by atoms with Gasteiger partial charge in [-0.2, -0.15) is 0 Å². The van der Waals surface area contributed by atoms with E-state index in [1.165, 1.54) is 12.1 Å². The molecule has 0 saturated carbocycles. The Hall–Kier alpha value is -3.64. The Bertz CT molecular complexity index is 1420. The maximum atomic E-state index is 13.3. The SMILES string of the molecule is CCOC(=O)c1cc(C2=C(c3cc(Cl)ccc3OCc3ccc(F)cc3)CCC2)cc(N2CCCCC2=O)c1. The number of carbonyl (C=O) groups excluding carboxylic acids is 2. The van der Waals surface area contributed by atoms with E-state index in [4.69, 9.17) is 21.1 Å². The van der Waals surface area contributed by atoms with Crippen LogP contribution in [0.5, 0.6) is 5.75 Å². The Morgan fingerprint density at radius 1 is 0.949 bits per heavy atom. The number of halogens is 2. The fourth-order valence-electron chi connectivity index (χ4n) is 5.32. The number of benzene rings is 3. The largest absolute Gasteiger partial charge is 0.488 e. The molecule has 0 radical (unpaired) electrons. The number of esters is 1. The zero-order valence-corrected chi connectivity index (χ0v) is 22.7. The van der Waals surface area contributed by atoms with Crippen LogP contribution in [0.4, 0.5) is 10.1 Å². The van der Waals surface area contributed by atoms with Crippen LogP contribution in [0.15, 0.2) is 60.7 Å². The van der Waals surface area contributed by atoms with E-state index >= 15 is 0 Å². The van der Waals surface area contributed by atoms with Gasteiger partial charge in [0.2, 0.25) is 5.91 Å². The molecule has 1 fully saturated rings. The van der Waals surface area contributed by atoms with Gasteiger partial charge in [0.15, 0.2) is 0 Å². The third-order valence-electron chi connectivity index (χ3n) is 7.20. The molecule has 3 aromatic rings. The van der Waals surface area contributed by atoms with Gasteiger partial charge < -0.3 is 14.4 Å². The number of nitrogens with zero attached hydrogens (tertiary/aromatic N) is 1. The van der Waals surface area contributed by atoms with Crippen LogP contribution in [-0.2, 0) is 16.1 Å². The van der Waals surface area contributed by atoms with Crippen LogP contribution in [0.25, 0.3) is 11.1 Å². The summed E-state index contributed by atoms with van der Waals surface area (Å²) in [6, 6.07) is 17.4. The molecular formula is C32H31ClFNO4. The van der Waals surface area contributed by atoms with Crippen molar-refractivity contribution in [2.75, 3.05) is 18.1 Å². The van der Waals surface area contributed by atoms with E-state index < -0.39 is 5.97 Å². The van der Waals surface area contributed by atoms with Crippen LogP contribution >= 0.6 is 11.6 Å². The summed E-state index contributed by atoms with van der Waals surface area (Å²) in [6.07, 6.45) is 4.89. The first-order valence-electron chi connectivity index (χ1n) is 13.4. The summed E-state index contributed by atoms with van der Waals surface area (Å²) in [4.78, 5) is 27.4. The molecule has 1 saturated heterocycles. The number of hydrogen-bond donors (Lipinski definition) is 0. The van der Waals surface area contributed by atoms with Crippen molar-refractivity contribution in [1.82, 2.24) is 0 Å². The number of rotatable bonds is 8. The van der Waals surface area contributed by atoms with Crippen LogP contribution in [0.3, 0.4) is 0 Å². The van der Waals surface area contributed by atoms with Crippen molar-refractivity contribution >= 4 is 40.3 Å². The molecule has 5 rings (SSSR count). The van der Waals surface area contributed by atoms with Crippen LogP contribution in [0, 0.1) is 5.82 Å². The Labute approximate surface area is 233 Å². The fraction of sp³-hybridized carbons (Fsp3) is 0.312. The minimum atomic E-state index is -0.406. The molecule has 0 spiro atoms. The number of anilines is 1. The van der Waals surface area contributed by atoms with E-state index in [1.807, 2.05) is 24.3 Å². The predicted octanol–water partition coefficient (Wildman–Crippen LogP) is 7.85. The van der Waals surface area contributed by atoms with Crippen molar-refractivity contribution in [2.24, 2.45) is 0 Å². The minimum absolute atomic E-state index is 0.0696. The minimum Gasteiger partial charge on any atom is -0.488 e. The van der Waals surface area contributed by atoms with E-state index in [9.17, 15) is 14.0 Å². The molecule has 1 amide bonds. The second-order valence-electron chi connectivity index (χ2n) is 9.86. The van der Waals surface area contributed by atoms with Crippen LogP contribution in [-0.4, -0.2) is 25.0 Å². The first-order chi connectivity index (χ1) is 18.9. The Balaban J connectivity index is 1.56. The number of amides is 1. The third kappa shape index (κ3) is 6.17. The molecule has 1 aliphatic heterocycles. The van der Waals surface area contributed by atoms with Gasteiger partial charge in [-0.15, -0.1) is 0 Å². The van der Waals surface area contributed by atoms with Crippen LogP contribution in [0.1, 0.15) is 72.5 Å². The van der Waals surface area contributed by atoms with E-state index in [2.05, 4.69) is 0 Å². The van der Waals surface area contributed by atoms with Crippen molar-refractivity contribution in [3.63, 3.8) is 0 Å². The molecular weight excluding hydrogens is 517 g/mol. The highest BCUT2D eigenvalue weighted by atomic mass is 35.5.